The maximum absolute atomic E-state index is 10.4. The lowest BCUT2D eigenvalue weighted by Crippen LogP contribution is -2.29. The topological polar surface area (TPSA) is 54.4 Å². The highest BCUT2D eigenvalue weighted by molar-refractivity contribution is 7.96. The van der Waals surface area contributed by atoms with Crippen LogP contribution in [-0.4, -0.2) is 16.2 Å². The third-order valence-corrected chi connectivity index (χ3v) is 1.63. The number of hydrogen-bond acceptors (Lipinski definition) is 2. The first kappa shape index (κ1) is 8.49. The fraction of sp³-hybridized carbons (Fsp3) is 0.600. The van der Waals surface area contributed by atoms with E-state index in [-0.39, 0.29) is 0 Å². The van der Waals surface area contributed by atoms with E-state index in [1.165, 1.54) is 13.8 Å². The summed E-state index contributed by atoms with van der Waals surface area (Å²) in [6.07, 6.45) is 0. The van der Waals surface area contributed by atoms with E-state index in [1.807, 2.05) is 0 Å². The molecule has 0 amide bonds. The quantitative estimate of drug-likeness (QED) is 0.444. The van der Waals surface area contributed by atoms with Crippen molar-refractivity contribution in [2.45, 2.75) is 13.8 Å². The Balaban J connectivity index is 4.38. The second-order valence-corrected chi connectivity index (χ2v) is 2.64. The molecule has 0 saturated carbocycles. The van der Waals surface area contributed by atoms with Gasteiger partial charge in [0.1, 0.15) is 5.41 Å². The fourth-order valence-electron chi connectivity index (χ4n) is 0.0915. The highest BCUT2D eigenvalue weighted by Crippen LogP contribution is 2.17. The van der Waals surface area contributed by atoms with Crippen LogP contribution in [0.2, 0.25) is 0 Å². The number of aliphatic carboxylic acids is 1. The highest BCUT2D eigenvalue weighted by atomic mass is 32.1. The van der Waals surface area contributed by atoms with Crippen LogP contribution in [0.3, 0.4) is 0 Å². The molecule has 0 unspecified atom stereocenters. The SMILES string of the molecule is CC(C)(C(=O)O)C(=O)S. The van der Waals surface area contributed by atoms with Gasteiger partial charge in [0.2, 0.25) is 5.12 Å². The summed E-state index contributed by atoms with van der Waals surface area (Å²) in [4.78, 5) is 20.6. The van der Waals surface area contributed by atoms with Crippen molar-refractivity contribution >= 4 is 23.7 Å². The maximum atomic E-state index is 10.4. The number of hydrogen-bond donors (Lipinski definition) is 2. The average molecular weight is 148 g/mol. The van der Waals surface area contributed by atoms with Gasteiger partial charge < -0.3 is 5.11 Å². The van der Waals surface area contributed by atoms with Gasteiger partial charge in [0.15, 0.2) is 0 Å². The van der Waals surface area contributed by atoms with E-state index in [2.05, 4.69) is 12.6 Å². The molecule has 0 fully saturated rings. The van der Waals surface area contributed by atoms with Gasteiger partial charge in [-0.05, 0) is 13.8 Å². The molecule has 0 aliphatic heterocycles. The lowest BCUT2D eigenvalue weighted by Gasteiger charge is -2.12. The molecule has 0 aromatic rings. The number of carboxylic acids is 1. The first-order valence-electron chi connectivity index (χ1n) is 2.36. The minimum absolute atomic E-state index is 0.630. The molecule has 0 aliphatic carbocycles. The molecule has 0 aromatic heterocycles. The van der Waals surface area contributed by atoms with Gasteiger partial charge in [-0.15, -0.1) is 12.6 Å². The minimum Gasteiger partial charge on any atom is -0.480 e. The van der Waals surface area contributed by atoms with E-state index in [1.54, 1.807) is 0 Å². The smallest absolute Gasteiger partial charge is 0.317 e. The van der Waals surface area contributed by atoms with Crippen LogP contribution in [0.25, 0.3) is 0 Å². The van der Waals surface area contributed by atoms with Crippen LogP contribution in [0, 0.1) is 5.41 Å². The molecular formula is C5H8O3S. The van der Waals surface area contributed by atoms with Gasteiger partial charge in [0, 0.05) is 0 Å². The standard InChI is InChI=1S/C5H8O3S/c1-5(2,3(6)7)4(8)9/h1-2H3,(H,6,7)(H,8,9). The van der Waals surface area contributed by atoms with Crippen LogP contribution < -0.4 is 0 Å². The van der Waals surface area contributed by atoms with Gasteiger partial charge in [0.25, 0.3) is 0 Å². The third kappa shape index (κ3) is 1.71. The van der Waals surface area contributed by atoms with Crippen molar-refractivity contribution in [1.29, 1.82) is 0 Å². The van der Waals surface area contributed by atoms with E-state index in [9.17, 15) is 9.59 Å². The van der Waals surface area contributed by atoms with Gasteiger partial charge >= 0.3 is 5.97 Å². The van der Waals surface area contributed by atoms with E-state index in [4.69, 9.17) is 5.11 Å². The van der Waals surface area contributed by atoms with Crippen molar-refractivity contribution in [3.63, 3.8) is 0 Å². The zero-order valence-corrected chi connectivity index (χ0v) is 6.11. The van der Waals surface area contributed by atoms with E-state index in [0.29, 0.717) is 0 Å². The number of rotatable bonds is 2. The van der Waals surface area contributed by atoms with Crippen molar-refractivity contribution in [3.05, 3.63) is 0 Å². The molecule has 1 N–H and O–H groups in total. The van der Waals surface area contributed by atoms with E-state index in [0.717, 1.165) is 0 Å². The predicted molar refractivity (Wildman–Crippen MR) is 35.4 cm³/mol. The van der Waals surface area contributed by atoms with Gasteiger partial charge in [-0.2, -0.15) is 0 Å². The molecule has 52 valence electrons. The summed E-state index contributed by atoms with van der Waals surface area (Å²) in [6, 6.07) is 0. The second kappa shape index (κ2) is 2.39. The molecule has 0 bridgehead atoms. The summed E-state index contributed by atoms with van der Waals surface area (Å²) in [6.45, 7) is 2.62. The van der Waals surface area contributed by atoms with Crippen LogP contribution in [0.4, 0.5) is 0 Å². The number of carbonyl (C=O) groups excluding carboxylic acids is 1. The molecule has 0 radical (unpaired) electrons. The summed E-state index contributed by atoms with van der Waals surface area (Å²) < 4.78 is 0. The Hall–Kier alpha value is -0.510. The Morgan fingerprint density at radius 1 is 1.44 bits per heavy atom. The summed E-state index contributed by atoms with van der Waals surface area (Å²) in [5, 5.41) is 7.71. The lowest BCUT2D eigenvalue weighted by atomic mass is 9.96. The highest BCUT2D eigenvalue weighted by Gasteiger charge is 2.33. The average Bonchev–Trinajstić information content (AvgIpc) is 1.65. The molecule has 0 heterocycles. The molecule has 9 heavy (non-hydrogen) atoms. The summed E-state index contributed by atoms with van der Waals surface area (Å²) in [5.41, 5.74) is -1.36. The Morgan fingerprint density at radius 2 is 1.78 bits per heavy atom. The van der Waals surface area contributed by atoms with Crippen LogP contribution in [0.5, 0.6) is 0 Å². The van der Waals surface area contributed by atoms with Crippen molar-refractivity contribution in [2.75, 3.05) is 0 Å². The third-order valence-electron chi connectivity index (χ3n) is 1.07. The monoisotopic (exact) mass is 148 g/mol. The van der Waals surface area contributed by atoms with E-state index < -0.39 is 16.5 Å². The maximum Gasteiger partial charge on any atom is 0.317 e. The Bertz CT molecular complexity index is 134. The Kier molecular flexibility index (Phi) is 2.25. The molecule has 3 nitrogen and oxygen atoms in total. The normalized spacial score (nSPS) is 11.0. The minimum atomic E-state index is -1.36. The molecule has 0 spiro atoms. The van der Waals surface area contributed by atoms with Gasteiger partial charge in [-0.1, -0.05) is 0 Å². The molecule has 0 rings (SSSR count). The van der Waals surface area contributed by atoms with Crippen molar-refractivity contribution < 1.29 is 14.7 Å². The van der Waals surface area contributed by atoms with Gasteiger partial charge in [0.05, 0.1) is 0 Å². The Morgan fingerprint density at radius 3 is 1.78 bits per heavy atom. The molecule has 4 heteroatoms. The summed E-state index contributed by atoms with van der Waals surface area (Å²) in [5.74, 6) is -1.15. The number of carbonyl (C=O) groups is 2. The summed E-state index contributed by atoms with van der Waals surface area (Å²) >= 11 is 3.40. The fourth-order valence-corrected chi connectivity index (χ4v) is 0.187. The molecule has 0 aromatic carbocycles. The first-order chi connectivity index (χ1) is 3.89. The van der Waals surface area contributed by atoms with Crippen molar-refractivity contribution in [1.82, 2.24) is 0 Å². The van der Waals surface area contributed by atoms with Crippen molar-refractivity contribution in [3.8, 4) is 0 Å². The van der Waals surface area contributed by atoms with E-state index >= 15 is 0 Å². The van der Waals surface area contributed by atoms with Crippen LogP contribution >= 0.6 is 12.6 Å². The van der Waals surface area contributed by atoms with Crippen LogP contribution in [0.1, 0.15) is 13.8 Å². The molecular weight excluding hydrogens is 140 g/mol. The second-order valence-electron chi connectivity index (χ2n) is 2.24. The molecule has 0 saturated heterocycles. The van der Waals surface area contributed by atoms with Gasteiger partial charge in [-0.25, -0.2) is 0 Å². The van der Waals surface area contributed by atoms with Gasteiger partial charge in [-0.3, -0.25) is 9.59 Å². The predicted octanol–water partition coefficient (Wildman–Crippen LogP) is 0.554. The summed E-state index contributed by atoms with van der Waals surface area (Å²) in [7, 11) is 0. The zero-order chi connectivity index (χ0) is 7.65. The van der Waals surface area contributed by atoms with Crippen LogP contribution in [0.15, 0.2) is 0 Å². The number of thiol groups is 1. The molecule has 0 aliphatic rings. The first-order valence-corrected chi connectivity index (χ1v) is 2.80. The van der Waals surface area contributed by atoms with Crippen molar-refractivity contribution in [2.24, 2.45) is 5.41 Å². The van der Waals surface area contributed by atoms with Crippen LogP contribution in [-0.2, 0) is 9.59 Å². The lowest BCUT2D eigenvalue weighted by molar-refractivity contribution is -0.149. The largest absolute Gasteiger partial charge is 0.480 e. The molecule has 0 atom stereocenters. The Labute approximate surface area is 58.5 Å². The zero-order valence-electron chi connectivity index (χ0n) is 5.21. The number of carboxylic acid groups (broad SMARTS) is 1.